The van der Waals surface area contributed by atoms with E-state index in [9.17, 15) is 4.39 Å². The van der Waals surface area contributed by atoms with Crippen LogP contribution in [0, 0.1) is 5.82 Å². The predicted molar refractivity (Wildman–Crippen MR) is 67.3 cm³/mol. The van der Waals surface area contributed by atoms with Crippen molar-refractivity contribution >= 4 is 0 Å². The molecule has 0 saturated carbocycles. The molecule has 4 nitrogen and oxygen atoms in total. The van der Waals surface area contributed by atoms with Crippen LogP contribution in [0.25, 0.3) is 0 Å². The second-order valence-electron chi connectivity index (χ2n) is 3.93. The maximum Gasteiger partial charge on any atom is 0.256 e. The van der Waals surface area contributed by atoms with Crippen molar-refractivity contribution in [2.45, 2.75) is 13.2 Å². The fourth-order valence-corrected chi connectivity index (χ4v) is 1.63. The van der Waals surface area contributed by atoms with Crippen molar-refractivity contribution in [2.24, 2.45) is 0 Å². The van der Waals surface area contributed by atoms with Crippen LogP contribution >= 0.6 is 0 Å². The lowest BCUT2D eigenvalue weighted by Gasteiger charge is -2.08. The van der Waals surface area contributed by atoms with Gasteiger partial charge in [-0.25, -0.2) is 9.37 Å². The summed E-state index contributed by atoms with van der Waals surface area (Å²) in [5, 5.41) is 8.98. The van der Waals surface area contributed by atoms with Crippen LogP contribution in [-0.4, -0.2) is 17.2 Å². The Morgan fingerprint density at radius 1 is 1.32 bits per heavy atom. The highest BCUT2D eigenvalue weighted by atomic mass is 19.1. The maximum absolute atomic E-state index is 13.8. The Hall–Kier alpha value is -1.98. The molecule has 0 aliphatic heterocycles. The molecule has 0 radical (unpaired) electrons. The fraction of sp³-hybridized carbons (Fsp3) is 0.214. The van der Waals surface area contributed by atoms with Crippen LogP contribution in [-0.2, 0) is 18.0 Å². The molecule has 5 heteroatoms. The number of pyridine rings is 1. The number of hydrogen-bond acceptors (Lipinski definition) is 4. The van der Waals surface area contributed by atoms with E-state index in [1.54, 1.807) is 25.3 Å². The van der Waals surface area contributed by atoms with Gasteiger partial charge in [-0.05, 0) is 23.8 Å². The molecule has 1 N–H and O–H groups in total. The highest BCUT2D eigenvalue weighted by Crippen LogP contribution is 2.24. The van der Waals surface area contributed by atoms with Crippen molar-refractivity contribution < 1.29 is 19.0 Å². The van der Waals surface area contributed by atoms with E-state index in [-0.39, 0.29) is 11.4 Å². The van der Waals surface area contributed by atoms with E-state index in [1.807, 2.05) is 6.07 Å². The number of aliphatic hydroxyl groups is 1. The minimum absolute atomic E-state index is 0.151. The van der Waals surface area contributed by atoms with E-state index in [1.165, 1.54) is 12.3 Å². The Balaban J connectivity index is 2.23. The zero-order valence-electron chi connectivity index (χ0n) is 10.5. The molecule has 0 fully saturated rings. The smallest absolute Gasteiger partial charge is 0.256 e. The molecule has 2 rings (SSSR count). The number of hydrogen-bond donors (Lipinski definition) is 1. The molecule has 0 saturated heterocycles. The van der Waals surface area contributed by atoms with Crippen molar-refractivity contribution in [2.75, 3.05) is 7.11 Å². The van der Waals surface area contributed by atoms with Crippen LogP contribution in [0.3, 0.4) is 0 Å². The SMILES string of the molecule is COCc1cccc(Oc2nccc(CO)c2F)c1. The van der Waals surface area contributed by atoms with Crippen LogP contribution in [0.2, 0.25) is 0 Å². The lowest BCUT2D eigenvalue weighted by molar-refractivity contribution is 0.184. The summed E-state index contributed by atoms with van der Waals surface area (Å²) in [7, 11) is 1.60. The largest absolute Gasteiger partial charge is 0.436 e. The fourth-order valence-electron chi connectivity index (χ4n) is 1.63. The zero-order valence-corrected chi connectivity index (χ0v) is 10.5. The van der Waals surface area contributed by atoms with Crippen LogP contribution in [0.1, 0.15) is 11.1 Å². The Morgan fingerprint density at radius 2 is 2.16 bits per heavy atom. The van der Waals surface area contributed by atoms with Gasteiger partial charge in [-0.1, -0.05) is 12.1 Å². The molecular formula is C14H14FNO3. The standard InChI is InChI=1S/C14H14FNO3/c1-18-9-10-3-2-4-12(7-10)19-14-13(15)11(8-17)5-6-16-14/h2-7,17H,8-9H2,1H3. The van der Waals surface area contributed by atoms with E-state index >= 15 is 0 Å². The second-order valence-corrected chi connectivity index (χ2v) is 3.93. The van der Waals surface area contributed by atoms with Crippen molar-refractivity contribution in [3.8, 4) is 11.6 Å². The van der Waals surface area contributed by atoms with Crippen molar-refractivity contribution in [1.29, 1.82) is 0 Å². The van der Waals surface area contributed by atoms with Crippen LogP contribution in [0.4, 0.5) is 4.39 Å². The number of methoxy groups -OCH3 is 1. The first-order valence-electron chi connectivity index (χ1n) is 5.74. The van der Waals surface area contributed by atoms with Crippen molar-refractivity contribution in [3.63, 3.8) is 0 Å². The molecule has 0 amide bonds. The normalized spacial score (nSPS) is 10.5. The molecule has 0 spiro atoms. The Kier molecular flexibility index (Phi) is 4.43. The Labute approximate surface area is 110 Å². The predicted octanol–water partition coefficient (Wildman–Crippen LogP) is 2.65. The molecular weight excluding hydrogens is 249 g/mol. The van der Waals surface area contributed by atoms with E-state index in [0.29, 0.717) is 12.4 Å². The van der Waals surface area contributed by atoms with Gasteiger partial charge in [0.15, 0.2) is 5.82 Å². The minimum Gasteiger partial charge on any atom is -0.436 e. The highest BCUT2D eigenvalue weighted by molar-refractivity contribution is 5.33. The number of nitrogens with zero attached hydrogens (tertiary/aromatic N) is 1. The third kappa shape index (κ3) is 3.27. The van der Waals surface area contributed by atoms with Gasteiger partial charge in [0.2, 0.25) is 0 Å². The molecule has 2 aromatic rings. The lowest BCUT2D eigenvalue weighted by Crippen LogP contribution is -1.97. The van der Waals surface area contributed by atoms with E-state index in [4.69, 9.17) is 14.6 Å². The lowest BCUT2D eigenvalue weighted by atomic mass is 10.2. The second kappa shape index (κ2) is 6.26. The quantitative estimate of drug-likeness (QED) is 0.901. The molecule has 1 heterocycles. The number of rotatable bonds is 5. The van der Waals surface area contributed by atoms with E-state index in [0.717, 1.165) is 5.56 Å². The first kappa shape index (κ1) is 13.5. The highest BCUT2D eigenvalue weighted by Gasteiger charge is 2.11. The number of ether oxygens (including phenoxy) is 2. The van der Waals surface area contributed by atoms with Gasteiger partial charge >= 0.3 is 0 Å². The molecule has 19 heavy (non-hydrogen) atoms. The molecule has 0 atom stereocenters. The monoisotopic (exact) mass is 263 g/mol. The summed E-state index contributed by atoms with van der Waals surface area (Å²) >= 11 is 0. The summed E-state index contributed by atoms with van der Waals surface area (Å²) in [4.78, 5) is 3.82. The molecule has 0 unspecified atom stereocenters. The number of aliphatic hydroxyl groups excluding tert-OH is 1. The molecule has 1 aromatic carbocycles. The third-order valence-corrected chi connectivity index (χ3v) is 2.53. The topological polar surface area (TPSA) is 51.6 Å². The summed E-state index contributed by atoms with van der Waals surface area (Å²) in [6, 6.07) is 8.52. The van der Waals surface area contributed by atoms with Crippen molar-refractivity contribution in [3.05, 3.63) is 53.5 Å². The molecule has 0 bridgehead atoms. The summed E-state index contributed by atoms with van der Waals surface area (Å²) in [5.41, 5.74) is 1.07. The average Bonchev–Trinajstić information content (AvgIpc) is 2.42. The van der Waals surface area contributed by atoms with Gasteiger partial charge in [-0.3, -0.25) is 0 Å². The number of benzene rings is 1. The zero-order chi connectivity index (χ0) is 13.7. The molecule has 100 valence electrons. The Bertz CT molecular complexity index is 560. The van der Waals surface area contributed by atoms with Crippen LogP contribution < -0.4 is 4.74 Å². The number of aromatic nitrogens is 1. The molecule has 0 aliphatic carbocycles. The van der Waals surface area contributed by atoms with E-state index in [2.05, 4.69) is 4.98 Å². The first-order valence-corrected chi connectivity index (χ1v) is 5.74. The Morgan fingerprint density at radius 3 is 2.89 bits per heavy atom. The summed E-state index contributed by atoms with van der Waals surface area (Å²) in [6.07, 6.45) is 1.39. The molecule has 0 aliphatic rings. The van der Waals surface area contributed by atoms with Gasteiger partial charge < -0.3 is 14.6 Å². The molecule has 1 aromatic heterocycles. The third-order valence-electron chi connectivity index (χ3n) is 2.53. The van der Waals surface area contributed by atoms with E-state index < -0.39 is 12.4 Å². The summed E-state index contributed by atoms with van der Waals surface area (Å²) in [6.45, 7) is 0.0538. The van der Waals surface area contributed by atoms with Gasteiger partial charge in [0.05, 0.1) is 13.2 Å². The van der Waals surface area contributed by atoms with Crippen LogP contribution in [0.15, 0.2) is 36.5 Å². The summed E-state index contributed by atoms with van der Waals surface area (Å²) in [5.74, 6) is -0.334. The van der Waals surface area contributed by atoms with Gasteiger partial charge in [0.25, 0.3) is 5.88 Å². The van der Waals surface area contributed by atoms with Gasteiger partial charge in [0.1, 0.15) is 5.75 Å². The van der Waals surface area contributed by atoms with Gasteiger partial charge in [-0.15, -0.1) is 0 Å². The van der Waals surface area contributed by atoms with Crippen molar-refractivity contribution in [1.82, 2.24) is 4.98 Å². The summed E-state index contributed by atoms with van der Waals surface area (Å²) < 4.78 is 24.2. The maximum atomic E-state index is 13.8. The minimum atomic E-state index is -0.651. The number of halogens is 1. The van der Waals surface area contributed by atoms with Gasteiger partial charge in [0, 0.05) is 18.9 Å². The van der Waals surface area contributed by atoms with Gasteiger partial charge in [-0.2, -0.15) is 0 Å². The van der Waals surface area contributed by atoms with Crippen LogP contribution in [0.5, 0.6) is 11.6 Å². The first-order chi connectivity index (χ1) is 9.24. The average molecular weight is 263 g/mol.